The van der Waals surface area contributed by atoms with Gasteiger partial charge in [0.05, 0.1) is 12.0 Å². The fourth-order valence-corrected chi connectivity index (χ4v) is 6.19. The van der Waals surface area contributed by atoms with E-state index in [1.807, 2.05) is 12.1 Å². The molecule has 0 aromatic heterocycles. The van der Waals surface area contributed by atoms with Crippen LogP contribution in [0.25, 0.3) is 11.1 Å². The van der Waals surface area contributed by atoms with Crippen molar-refractivity contribution in [2.45, 2.75) is 24.2 Å². The quantitative estimate of drug-likeness (QED) is 0.480. The zero-order valence-corrected chi connectivity index (χ0v) is 19.3. The first-order valence-corrected chi connectivity index (χ1v) is 12.6. The van der Waals surface area contributed by atoms with Gasteiger partial charge in [-0.15, -0.1) is 0 Å². The van der Waals surface area contributed by atoms with Crippen molar-refractivity contribution in [3.8, 4) is 16.9 Å². The van der Waals surface area contributed by atoms with E-state index in [1.165, 1.54) is 26.6 Å². The first-order valence-electron chi connectivity index (χ1n) is 11.1. The lowest BCUT2D eigenvalue weighted by atomic mass is 9.97. The molecule has 1 amide bonds. The Morgan fingerprint density at radius 2 is 1.64 bits per heavy atom. The molecule has 170 valence electrons. The predicted molar refractivity (Wildman–Crippen MR) is 128 cm³/mol. The highest BCUT2D eigenvalue weighted by atomic mass is 32.2. The number of amides is 1. The van der Waals surface area contributed by atoms with Gasteiger partial charge in [-0.3, -0.25) is 4.79 Å². The lowest BCUT2D eigenvalue weighted by Gasteiger charge is -2.30. The Hall–Kier alpha value is -3.16. The molecule has 1 aliphatic heterocycles. The molecule has 0 bridgehead atoms. The van der Waals surface area contributed by atoms with Crippen molar-refractivity contribution in [2.24, 2.45) is 5.92 Å². The van der Waals surface area contributed by atoms with Crippen LogP contribution in [0, 0.1) is 5.92 Å². The van der Waals surface area contributed by atoms with Gasteiger partial charge in [0, 0.05) is 24.7 Å². The van der Waals surface area contributed by atoms with Crippen LogP contribution in [0.4, 0.5) is 5.69 Å². The topological polar surface area (TPSA) is 75.7 Å². The first kappa shape index (κ1) is 21.7. The normalized spacial score (nSPS) is 16.2. The predicted octanol–water partition coefficient (Wildman–Crippen LogP) is 4.31. The van der Waals surface area contributed by atoms with Crippen LogP contribution in [0.1, 0.15) is 24.0 Å². The Labute approximate surface area is 194 Å². The molecule has 0 saturated carbocycles. The van der Waals surface area contributed by atoms with Gasteiger partial charge in [0.1, 0.15) is 5.75 Å². The zero-order valence-electron chi connectivity index (χ0n) is 18.5. The van der Waals surface area contributed by atoms with E-state index in [-0.39, 0.29) is 16.7 Å². The molecule has 33 heavy (non-hydrogen) atoms. The van der Waals surface area contributed by atoms with Crippen LogP contribution in [0.3, 0.4) is 0 Å². The Bertz CT molecular complexity index is 1290. The molecule has 0 spiro atoms. The van der Waals surface area contributed by atoms with Crippen molar-refractivity contribution < 1.29 is 17.9 Å². The number of carbonyl (C=O) groups is 1. The number of carbonyl (C=O) groups excluding carboxylic acids is 1. The number of fused-ring (bicyclic) bond motifs is 3. The van der Waals surface area contributed by atoms with Crippen LogP contribution in [-0.4, -0.2) is 38.8 Å². The van der Waals surface area contributed by atoms with Crippen molar-refractivity contribution in [3.05, 3.63) is 77.9 Å². The van der Waals surface area contributed by atoms with Crippen LogP contribution in [0.15, 0.2) is 71.6 Å². The number of hydrogen-bond donors (Lipinski definition) is 1. The van der Waals surface area contributed by atoms with Crippen molar-refractivity contribution >= 4 is 21.6 Å². The number of ether oxygens (including phenoxy) is 1. The fourth-order valence-electron chi connectivity index (χ4n) is 4.72. The number of methoxy groups -OCH3 is 1. The number of rotatable bonds is 5. The van der Waals surface area contributed by atoms with Gasteiger partial charge >= 0.3 is 0 Å². The van der Waals surface area contributed by atoms with E-state index in [1.54, 1.807) is 31.4 Å². The summed E-state index contributed by atoms with van der Waals surface area (Å²) in [7, 11) is -2.04. The van der Waals surface area contributed by atoms with Gasteiger partial charge in [-0.1, -0.05) is 30.3 Å². The number of benzene rings is 3. The number of piperidine rings is 1. The molecule has 3 aromatic carbocycles. The molecule has 2 aliphatic rings. The van der Waals surface area contributed by atoms with Crippen molar-refractivity contribution in [2.75, 3.05) is 25.5 Å². The minimum atomic E-state index is -3.58. The second-order valence-electron chi connectivity index (χ2n) is 8.55. The molecule has 7 heteroatoms. The minimum absolute atomic E-state index is 0.0491. The molecule has 0 atom stereocenters. The van der Waals surface area contributed by atoms with Crippen molar-refractivity contribution in [1.82, 2.24) is 4.31 Å². The van der Waals surface area contributed by atoms with Crippen LogP contribution in [0.5, 0.6) is 5.75 Å². The summed E-state index contributed by atoms with van der Waals surface area (Å²) in [6, 6.07) is 20.8. The number of nitrogens with zero attached hydrogens (tertiary/aromatic N) is 1. The third kappa shape index (κ3) is 4.14. The highest BCUT2D eigenvalue weighted by Gasteiger charge is 2.32. The second-order valence-corrected chi connectivity index (χ2v) is 10.5. The zero-order chi connectivity index (χ0) is 23.0. The van der Waals surface area contributed by atoms with Crippen LogP contribution in [0.2, 0.25) is 0 Å². The summed E-state index contributed by atoms with van der Waals surface area (Å²) < 4.78 is 32.4. The fraction of sp³-hybridized carbons (Fsp3) is 0.269. The molecule has 3 aromatic rings. The maximum atomic E-state index is 12.9. The second kappa shape index (κ2) is 8.65. The number of hydrogen-bond acceptors (Lipinski definition) is 4. The lowest BCUT2D eigenvalue weighted by Crippen LogP contribution is -2.41. The summed E-state index contributed by atoms with van der Waals surface area (Å²) >= 11 is 0. The molecule has 1 saturated heterocycles. The summed E-state index contributed by atoms with van der Waals surface area (Å²) in [6.45, 7) is 0.651. The smallest absolute Gasteiger partial charge is 0.243 e. The van der Waals surface area contributed by atoms with Gasteiger partial charge < -0.3 is 10.1 Å². The summed E-state index contributed by atoms with van der Waals surface area (Å²) in [5.74, 6) is 0.351. The maximum Gasteiger partial charge on any atom is 0.243 e. The van der Waals surface area contributed by atoms with Crippen molar-refractivity contribution in [3.63, 3.8) is 0 Å². The standard InChI is InChI=1S/C26H26N2O4S/c1-32-22-7-9-23(10-8-22)33(30,31)28-14-12-18(13-15-28)26(29)27-21-6-11-25-20(17-21)16-19-4-2-3-5-24(19)25/h2-11,17-18H,12-16H2,1H3,(H,27,29). The highest BCUT2D eigenvalue weighted by molar-refractivity contribution is 7.89. The van der Waals surface area contributed by atoms with E-state index in [0.29, 0.717) is 31.7 Å². The third-order valence-corrected chi connectivity index (χ3v) is 8.50. The maximum absolute atomic E-state index is 12.9. The number of nitrogens with one attached hydrogen (secondary N) is 1. The Balaban J connectivity index is 1.21. The molecule has 5 rings (SSSR count). The van der Waals surface area contributed by atoms with Gasteiger partial charge in [0.25, 0.3) is 0 Å². The van der Waals surface area contributed by atoms with Gasteiger partial charge in [0.2, 0.25) is 15.9 Å². The summed E-state index contributed by atoms with van der Waals surface area (Å²) in [4.78, 5) is 13.1. The molecule has 1 fully saturated rings. The molecule has 1 N–H and O–H groups in total. The summed E-state index contributed by atoms with van der Waals surface area (Å²) in [5, 5.41) is 3.05. The molecule has 0 unspecified atom stereocenters. The lowest BCUT2D eigenvalue weighted by molar-refractivity contribution is -0.120. The van der Waals surface area contributed by atoms with Gasteiger partial charge in [0.15, 0.2) is 0 Å². The average molecular weight is 463 g/mol. The van der Waals surface area contributed by atoms with Crippen LogP contribution >= 0.6 is 0 Å². The Kier molecular flexibility index (Phi) is 5.68. The monoisotopic (exact) mass is 462 g/mol. The van der Waals surface area contributed by atoms with Gasteiger partial charge in [-0.2, -0.15) is 4.31 Å². The largest absolute Gasteiger partial charge is 0.497 e. The van der Waals surface area contributed by atoms with E-state index < -0.39 is 10.0 Å². The average Bonchev–Trinajstić information content (AvgIpc) is 3.22. The van der Waals surface area contributed by atoms with E-state index in [2.05, 4.69) is 35.6 Å². The number of sulfonamides is 1. The molecule has 1 heterocycles. The molecule has 0 radical (unpaired) electrons. The van der Waals surface area contributed by atoms with E-state index in [4.69, 9.17) is 4.74 Å². The molecular weight excluding hydrogens is 436 g/mol. The van der Waals surface area contributed by atoms with E-state index >= 15 is 0 Å². The summed E-state index contributed by atoms with van der Waals surface area (Å²) in [6.07, 6.45) is 1.87. The van der Waals surface area contributed by atoms with Crippen molar-refractivity contribution in [1.29, 1.82) is 0 Å². The summed E-state index contributed by atoms with van der Waals surface area (Å²) in [5.41, 5.74) is 5.80. The van der Waals surface area contributed by atoms with Gasteiger partial charge in [-0.05, 0) is 77.9 Å². The minimum Gasteiger partial charge on any atom is -0.497 e. The third-order valence-electron chi connectivity index (χ3n) is 6.58. The van der Waals surface area contributed by atoms with Crippen LogP contribution < -0.4 is 10.1 Å². The van der Waals surface area contributed by atoms with E-state index in [0.717, 1.165) is 12.1 Å². The van der Waals surface area contributed by atoms with Gasteiger partial charge in [-0.25, -0.2) is 8.42 Å². The SMILES string of the molecule is COc1ccc(S(=O)(=O)N2CCC(C(=O)Nc3ccc4c(c3)Cc3ccccc3-4)CC2)cc1. The number of anilines is 1. The first-order chi connectivity index (χ1) is 16.0. The highest BCUT2D eigenvalue weighted by Crippen LogP contribution is 2.37. The Morgan fingerprint density at radius 3 is 2.36 bits per heavy atom. The molecule has 1 aliphatic carbocycles. The molecular formula is C26H26N2O4S. The van der Waals surface area contributed by atoms with Crippen LogP contribution in [-0.2, 0) is 21.2 Å². The molecule has 6 nitrogen and oxygen atoms in total. The van der Waals surface area contributed by atoms with E-state index in [9.17, 15) is 13.2 Å². The Morgan fingerprint density at radius 1 is 0.939 bits per heavy atom.